The van der Waals surface area contributed by atoms with Crippen molar-refractivity contribution in [3.05, 3.63) is 104 Å². The maximum Gasteiger partial charge on any atom is 0.269 e. The van der Waals surface area contributed by atoms with E-state index in [4.69, 9.17) is 0 Å². The van der Waals surface area contributed by atoms with Gasteiger partial charge in [0, 0.05) is 30.3 Å². The molecule has 2 unspecified atom stereocenters. The molecule has 1 heterocycles. The number of hydrogen-bond donors (Lipinski definition) is 1. The fourth-order valence-corrected chi connectivity index (χ4v) is 5.38. The van der Waals surface area contributed by atoms with Crippen LogP contribution < -0.4 is 10.2 Å². The van der Waals surface area contributed by atoms with Crippen LogP contribution in [0.5, 0.6) is 0 Å². The van der Waals surface area contributed by atoms with Crippen molar-refractivity contribution in [2.45, 2.75) is 38.3 Å². The van der Waals surface area contributed by atoms with Gasteiger partial charge < -0.3 is 10.2 Å². The Morgan fingerprint density at radius 1 is 0.886 bits per heavy atom. The normalized spacial score (nSPS) is 21.0. The Balaban J connectivity index is 1.53. The Hall–Kier alpha value is -4.27. The number of carbonyl (C=O) groups is 1. The van der Waals surface area contributed by atoms with Crippen LogP contribution >= 0.6 is 0 Å². The summed E-state index contributed by atoms with van der Waals surface area (Å²) in [4.78, 5) is 37.4. The maximum atomic E-state index is 14.3. The van der Waals surface area contributed by atoms with Gasteiger partial charge in [-0.15, -0.1) is 0 Å². The number of nitrogens with zero attached hydrogens (tertiary/aromatic N) is 3. The highest BCUT2D eigenvalue weighted by Gasteiger charge is 2.52. The van der Waals surface area contributed by atoms with E-state index < -0.39 is 15.3 Å². The Morgan fingerprint density at radius 2 is 1.49 bits per heavy atom. The number of non-ortho nitro benzene ring substituents is 2. The van der Waals surface area contributed by atoms with Gasteiger partial charge in [-0.1, -0.05) is 42.8 Å². The van der Waals surface area contributed by atoms with E-state index in [2.05, 4.69) is 5.32 Å². The number of fused-ring (bicyclic) bond motifs is 2. The van der Waals surface area contributed by atoms with Gasteiger partial charge in [0.1, 0.15) is 0 Å². The first kappa shape index (κ1) is 22.5. The second kappa shape index (κ2) is 8.83. The minimum Gasteiger partial charge on any atom is -0.380 e. The van der Waals surface area contributed by atoms with Crippen molar-refractivity contribution in [3.63, 3.8) is 0 Å². The summed E-state index contributed by atoms with van der Waals surface area (Å²) in [6.45, 7) is 0.282. The summed E-state index contributed by atoms with van der Waals surface area (Å²) in [5, 5.41) is 25.8. The molecule has 2 atom stereocenters. The van der Waals surface area contributed by atoms with Gasteiger partial charge in [-0.25, -0.2) is 0 Å². The highest BCUT2D eigenvalue weighted by Crippen LogP contribution is 2.49. The lowest BCUT2D eigenvalue weighted by Crippen LogP contribution is -2.49. The van der Waals surface area contributed by atoms with Crippen LogP contribution in [0.3, 0.4) is 0 Å². The molecule has 2 aliphatic rings. The lowest BCUT2D eigenvalue weighted by molar-refractivity contribution is -0.385. The number of nitro benzene ring substituents is 2. The van der Waals surface area contributed by atoms with E-state index in [1.807, 2.05) is 24.3 Å². The van der Waals surface area contributed by atoms with E-state index in [1.165, 1.54) is 24.3 Å². The smallest absolute Gasteiger partial charge is 0.269 e. The summed E-state index contributed by atoms with van der Waals surface area (Å²) >= 11 is 0. The zero-order valence-electron chi connectivity index (χ0n) is 18.9. The number of rotatable bonds is 6. The van der Waals surface area contributed by atoms with Crippen LogP contribution in [0.15, 0.2) is 72.8 Å². The first-order chi connectivity index (χ1) is 16.9. The third kappa shape index (κ3) is 4.09. The lowest BCUT2D eigenvalue weighted by atomic mass is 9.75. The number of carbonyl (C=O) groups excluding carboxylic acids is 1. The molecule has 1 N–H and O–H groups in total. The Kier molecular flexibility index (Phi) is 5.68. The molecular formula is C26H24N4O5. The molecule has 0 bridgehead atoms. The predicted octanol–water partition coefficient (Wildman–Crippen LogP) is 5.24. The predicted molar refractivity (Wildman–Crippen MR) is 131 cm³/mol. The number of nitrogens with one attached hydrogen (secondary N) is 1. The first-order valence-corrected chi connectivity index (χ1v) is 11.5. The fraction of sp³-hybridized carbons (Fsp3) is 0.269. The van der Waals surface area contributed by atoms with Crippen molar-refractivity contribution >= 4 is 28.7 Å². The molecule has 1 aliphatic carbocycles. The molecule has 9 nitrogen and oxygen atoms in total. The van der Waals surface area contributed by atoms with Gasteiger partial charge in [-0.3, -0.25) is 25.0 Å². The summed E-state index contributed by atoms with van der Waals surface area (Å²) in [7, 11) is 0. The molecule has 9 heteroatoms. The van der Waals surface area contributed by atoms with Crippen LogP contribution in [0.4, 0.5) is 22.7 Å². The molecule has 0 spiro atoms. The molecule has 1 amide bonds. The van der Waals surface area contributed by atoms with E-state index in [-0.39, 0.29) is 29.9 Å². The standard InChI is InChI=1S/C26H24N4O5/c31-25-26(16-18-7-11-20(12-8-18)29(32)33)15-3-6-24(26)27-22-4-1-2-5-23(22)28(25)17-19-9-13-21(14-10-19)30(34)35/h1-2,4-5,7-14,24,27H,3,6,15-17H2. The van der Waals surface area contributed by atoms with Gasteiger partial charge in [-0.2, -0.15) is 0 Å². The minimum absolute atomic E-state index is 0.00325. The Labute approximate surface area is 201 Å². The number of para-hydroxylation sites is 2. The van der Waals surface area contributed by atoms with Gasteiger partial charge in [0.2, 0.25) is 5.91 Å². The summed E-state index contributed by atoms with van der Waals surface area (Å²) in [5.41, 5.74) is 2.62. The van der Waals surface area contributed by atoms with Crippen LogP contribution in [0.25, 0.3) is 0 Å². The molecular weight excluding hydrogens is 448 g/mol. The van der Waals surface area contributed by atoms with Gasteiger partial charge >= 0.3 is 0 Å². The first-order valence-electron chi connectivity index (χ1n) is 11.5. The number of amides is 1. The van der Waals surface area contributed by atoms with Crippen molar-refractivity contribution in [3.8, 4) is 0 Å². The Morgan fingerprint density at radius 3 is 2.11 bits per heavy atom. The van der Waals surface area contributed by atoms with Crippen LogP contribution in [0.2, 0.25) is 0 Å². The van der Waals surface area contributed by atoms with Crippen molar-refractivity contribution in [2.24, 2.45) is 5.41 Å². The fourth-order valence-electron chi connectivity index (χ4n) is 5.38. The topological polar surface area (TPSA) is 119 Å². The molecule has 5 rings (SSSR count). The monoisotopic (exact) mass is 472 g/mol. The second-order valence-electron chi connectivity index (χ2n) is 9.18. The average molecular weight is 473 g/mol. The second-order valence-corrected chi connectivity index (χ2v) is 9.18. The molecule has 1 fully saturated rings. The highest BCUT2D eigenvalue weighted by molar-refractivity contribution is 6.03. The van der Waals surface area contributed by atoms with Crippen LogP contribution in [-0.4, -0.2) is 21.8 Å². The largest absolute Gasteiger partial charge is 0.380 e. The van der Waals surface area contributed by atoms with Crippen LogP contribution in [0.1, 0.15) is 30.4 Å². The van der Waals surface area contributed by atoms with E-state index in [0.717, 1.165) is 35.3 Å². The average Bonchev–Trinajstić information content (AvgIpc) is 3.22. The van der Waals surface area contributed by atoms with E-state index in [9.17, 15) is 25.0 Å². The molecule has 0 saturated heterocycles. The van der Waals surface area contributed by atoms with Gasteiger partial charge in [0.05, 0.1) is 33.2 Å². The van der Waals surface area contributed by atoms with Crippen LogP contribution in [0, 0.1) is 25.6 Å². The van der Waals surface area contributed by atoms with Crippen molar-refractivity contribution in [1.29, 1.82) is 0 Å². The summed E-state index contributed by atoms with van der Waals surface area (Å²) in [6, 6.07) is 20.3. The van der Waals surface area contributed by atoms with E-state index >= 15 is 0 Å². The summed E-state index contributed by atoms with van der Waals surface area (Å²) in [5.74, 6) is -0.00541. The van der Waals surface area contributed by atoms with Gasteiger partial charge in [0.25, 0.3) is 11.4 Å². The molecule has 0 aromatic heterocycles. The lowest BCUT2D eigenvalue weighted by Gasteiger charge is -2.36. The highest BCUT2D eigenvalue weighted by atomic mass is 16.6. The van der Waals surface area contributed by atoms with E-state index in [0.29, 0.717) is 12.8 Å². The summed E-state index contributed by atoms with van der Waals surface area (Å²) in [6.07, 6.45) is 2.90. The van der Waals surface area contributed by atoms with Crippen molar-refractivity contribution in [1.82, 2.24) is 0 Å². The third-order valence-electron chi connectivity index (χ3n) is 7.13. The van der Waals surface area contributed by atoms with Crippen molar-refractivity contribution < 1.29 is 14.6 Å². The molecule has 3 aromatic rings. The quantitative estimate of drug-likeness (QED) is 0.387. The number of anilines is 2. The molecule has 1 aliphatic heterocycles. The van der Waals surface area contributed by atoms with Gasteiger partial charge in [0.15, 0.2) is 0 Å². The molecule has 1 saturated carbocycles. The zero-order chi connectivity index (χ0) is 24.6. The summed E-state index contributed by atoms with van der Waals surface area (Å²) < 4.78 is 0. The number of benzene rings is 3. The molecule has 35 heavy (non-hydrogen) atoms. The maximum absolute atomic E-state index is 14.3. The number of nitro groups is 2. The molecule has 3 aromatic carbocycles. The van der Waals surface area contributed by atoms with Crippen molar-refractivity contribution in [2.75, 3.05) is 10.2 Å². The Bertz CT molecular complexity index is 1290. The number of hydrogen-bond acceptors (Lipinski definition) is 6. The molecule has 178 valence electrons. The SMILES string of the molecule is O=C1N(Cc2ccc([N+](=O)[O-])cc2)c2ccccc2NC2CCCC12Cc1ccc([N+](=O)[O-])cc1. The van der Waals surface area contributed by atoms with Gasteiger partial charge in [-0.05, 0) is 42.5 Å². The minimum atomic E-state index is -0.712. The van der Waals surface area contributed by atoms with E-state index in [1.54, 1.807) is 29.2 Å². The zero-order valence-corrected chi connectivity index (χ0v) is 18.9. The third-order valence-corrected chi connectivity index (χ3v) is 7.13. The van der Waals surface area contributed by atoms with Crippen LogP contribution in [-0.2, 0) is 17.8 Å². The molecule has 0 radical (unpaired) electrons.